The van der Waals surface area contributed by atoms with Crippen LogP contribution < -0.4 is 0 Å². The molecule has 1 aromatic carbocycles. The summed E-state index contributed by atoms with van der Waals surface area (Å²) in [6.45, 7) is 3.13. The molecule has 0 saturated heterocycles. The fourth-order valence-electron chi connectivity index (χ4n) is 2.98. The van der Waals surface area contributed by atoms with Gasteiger partial charge in [0.1, 0.15) is 0 Å². The van der Waals surface area contributed by atoms with E-state index in [1.165, 1.54) is 37.6 Å². The van der Waals surface area contributed by atoms with Crippen LogP contribution in [0.2, 0.25) is 5.02 Å². The van der Waals surface area contributed by atoms with Gasteiger partial charge in [0.15, 0.2) is 11.7 Å². The minimum absolute atomic E-state index is 0.0251. The van der Waals surface area contributed by atoms with Gasteiger partial charge in [-0.3, -0.25) is 9.36 Å². The molecule has 164 valence electrons. The van der Waals surface area contributed by atoms with E-state index in [2.05, 4.69) is 4.98 Å². The van der Waals surface area contributed by atoms with Crippen LogP contribution in [0.1, 0.15) is 32.1 Å². The molecule has 0 radical (unpaired) electrons. The molecule has 0 amide bonds. The number of thiazole rings is 1. The third kappa shape index (κ3) is 4.57. The molecule has 0 saturated carbocycles. The normalized spacial score (nSPS) is 11.7. The maximum atomic E-state index is 12.7. The Morgan fingerprint density at radius 2 is 1.90 bits per heavy atom. The number of aryl methyl sites for hydroxylation is 1. The predicted octanol–water partition coefficient (Wildman–Crippen LogP) is 3.49. The molecule has 0 spiro atoms. The zero-order chi connectivity index (χ0) is 22.9. The number of benzene rings is 1. The van der Waals surface area contributed by atoms with Crippen molar-refractivity contribution in [2.45, 2.75) is 18.7 Å². The molecule has 11 heteroatoms. The van der Waals surface area contributed by atoms with E-state index in [1.807, 2.05) is 16.9 Å². The van der Waals surface area contributed by atoms with E-state index in [0.29, 0.717) is 11.3 Å². The minimum Gasteiger partial charge on any atom is -0.454 e. The molecular weight excluding hydrogens is 462 g/mol. The smallest absolute Gasteiger partial charge is 0.340 e. The molecule has 0 unspecified atom stereocenters. The quantitative estimate of drug-likeness (QED) is 0.378. The summed E-state index contributed by atoms with van der Waals surface area (Å²) in [6.07, 6.45) is 1.68. The Morgan fingerprint density at radius 1 is 1.19 bits per heavy atom. The summed E-state index contributed by atoms with van der Waals surface area (Å²) in [5.41, 5.74) is 1.79. The van der Waals surface area contributed by atoms with Gasteiger partial charge in [0.25, 0.3) is 0 Å². The van der Waals surface area contributed by atoms with Crippen LogP contribution in [0.25, 0.3) is 5.13 Å². The first kappa shape index (κ1) is 23.1. The van der Waals surface area contributed by atoms with E-state index in [1.54, 1.807) is 19.2 Å². The fourth-order valence-corrected chi connectivity index (χ4v) is 4.86. The molecule has 0 atom stereocenters. The van der Waals surface area contributed by atoms with Crippen LogP contribution in [-0.2, 0) is 14.8 Å². The van der Waals surface area contributed by atoms with Crippen LogP contribution in [0, 0.1) is 13.8 Å². The standard InChI is InChI=1S/C20H20ClN3O5S2/c1-12-9-15(13(2)24(12)20-22-7-8-30-20)18(25)11-29-19(26)16-10-14(5-6-17(16)21)31(27,28)23(3)4/h5-10H,11H2,1-4H3. The van der Waals surface area contributed by atoms with Crippen molar-refractivity contribution in [3.63, 3.8) is 0 Å². The van der Waals surface area contributed by atoms with Crippen LogP contribution in [0.5, 0.6) is 0 Å². The Kier molecular flexibility index (Phi) is 6.65. The number of aromatic nitrogens is 2. The van der Waals surface area contributed by atoms with Gasteiger partial charge in [0, 0.05) is 42.6 Å². The number of halogens is 1. The lowest BCUT2D eigenvalue weighted by Crippen LogP contribution is -2.22. The van der Waals surface area contributed by atoms with E-state index in [0.717, 1.165) is 21.2 Å². The van der Waals surface area contributed by atoms with Crippen molar-refractivity contribution < 1.29 is 22.7 Å². The van der Waals surface area contributed by atoms with Gasteiger partial charge < -0.3 is 4.74 Å². The summed E-state index contributed by atoms with van der Waals surface area (Å²) in [7, 11) is -1.01. The Morgan fingerprint density at radius 3 is 2.52 bits per heavy atom. The molecule has 0 fully saturated rings. The average Bonchev–Trinajstić information content (AvgIpc) is 3.33. The second-order valence-corrected chi connectivity index (χ2v) is 10.3. The number of hydrogen-bond donors (Lipinski definition) is 0. The predicted molar refractivity (Wildman–Crippen MR) is 118 cm³/mol. The van der Waals surface area contributed by atoms with Gasteiger partial charge in [-0.25, -0.2) is 22.5 Å². The van der Waals surface area contributed by atoms with Crippen molar-refractivity contribution >= 4 is 44.7 Å². The number of Topliss-reactive ketones (excluding diaryl/α,β-unsaturated/α-hetero) is 1. The molecular formula is C20H20ClN3O5S2. The van der Waals surface area contributed by atoms with Crippen molar-refractivity contribution in [2.75, 3.05) is 20.7 Å². The van der Waals surface area contributed by atoms with Crippen molar-refractivity contribution in [2.24, 2.45) is 0 Å². The minimum atomic E-state index is -3.76. The Balaban J connectivity index is 1.79. The van der Waals surface area contributed by atoms with Crippen molar-refractivity contribution in [1.82, 2.24) is 13.9 Å². The summed E-state index contributed by atoms with van der Waals surface area (Å²) in [5, 5.41) is 2.60. The number of sulfonamides is 1. The highest BCUT2D eigenvalue weighted by Gasteiger charge is 2.23. The first-order chi connectivity index (χ1) is 14.5. The van der Waals surface area contributed by atoms with Gasteiger partial charge >= 0.3 is 5.97 Å². The zero-order valence-corrected chi connectivity index (χ0v) is 19.6. The number of ketones is 1. The third-order valence-corrected chi connectivity index (χ3v) is 7.51. The van der Waals surface area contributed by atoms with E-state index >= 15 is 0 Å². The fraction of sp³-hybridized carbons (Fsp3) is 0.250. The summed E-state index contributed by atoms with van der Waals surface area (Å²) >= 11 is 7.50. The first-order valence-electron chi connectivity index (χ1n) is 9.05. The van der Waals surface area contributed by atoms with Gasteiger partial charge in [0.2, 0.25) is 15.8 Å². The van der Waals surface area contributed by atoms with Gasteiger partial charge in [-0.15, -0.1) is 11.3 Å². The molecule has 0 bridgehead atoms. The molecule has 0 N–H and O–H groups in total. The van der Waals surface area contributed by atoms with Gasteiger partial charge in [0.05, 0.1) is 15.5 Å². The van der Waals surface area contributed by atoms with Gasteiger partial charge in [-0.1, -0.05) is 11.6 Å². The summed E-state index contributed by atoms with van der Waals surface area (Å²) in [4.78, 5) is 29.4. The summed E-state index contributed by atoms with van der Waals surface area (Å²) < 4.78 is 32.6. The van der Waals surface area contributed by atoms with E-state index in [9.17, 15) is 18.0 Å². The highest BCUT2D eigenvalue weighted by atomic mass is 35.5. The number of esters is 1. The number of nitrogens with zero attached hydrogens (tertiary/aromatic N) is 3. The van der Waals surface area contributed by atoms with Crippen molar-refractivity contribution in [3.8, 4) is 5.13 Å². The maximum absolute atomic E-state index is 12.7. The SMILES string of the molecule is Cc1cc(C(=O)COC(=O)c2cc(S(=O)(=O)N(C)C)ccc2Cl)c(C)n1-c1nccs1. The molecule has 3 rings (SSSR count). The average molecular weight is 482 g/mol. The second kappa shape index (κ2) is 8.91. The molecule has 0 aliphatic heterocycles. The number of carbonyl (C=O) groups is 2. The van der Waals surface area contributed by atoms with Crippen LogP contribution in [0.4, 0.5) is 0 Å². The number of ether oxygens (including phenoxy) is 1. The Labute approximate surface area is 189 Å². The summed E-state index contributed by atoms with van der Waals surface area (Å²) in [5.74, 6) is -1.28. The molecule has 0 aliphatic rings. The largest absolute Gasteiger partial charge is 0.454 e. The third-order valence-electron chi connectivity index (χ3n) is 4.61. The van der Waals surface area contributed by atoms with Crippen molar-refractivity contribution in [1.29, 1.82) is 0 Å². The van der Waals surface area contributed by atoms with Crippen molar-refractivity contribution in [3.05, 3.63) is 63.4 Å². The Bertz CT molecular complexity index is 1250. The highest BCUT2D eigenvalue weighted by molar-refractivity contribution is 7.89. The molecule has 2 heterocycles. The first-order valence-corrected chi connectivity index (χ1v) is 11.7. The number of rotatable bonds is 7. The van der Waals surface area contributed by atoms with Gasteiger partial charge in [-0.2, -0.15) is 0 Å². The monoisotopic (exact) mass is 481 g/mol. The molecule has 31 heavy (non-hydrogen) atoms. The van der Waals surface area contributed by atoms with Crippen LogP contribution in [0.15, 0.2) is 40.7 Å². The molecule has 2 aromatic heterocycles. The topological polar surface area (TPSA) is 98.6 Å². The van der Waals surface area contributed by atoms with Crippen LogP contribution in [-0.4, -0.2) is 54.7 Å². The summed E-state index contributed by atoms with van der Waals surface area (Å²) in [6, 6.07) is 5.45. The van der Waals surface area contributed by atoms with E-state index < -0.39 is 28.4 Å². The van der Waals surface area contributed by atoms with Crippen LogP contribution in [0.3, 0.4) is 0 Å². The van der Waals surface area contributed by atoms with Crippen LogP contribution >= 0.6 is 22.9 Å². The Hall–Kier alpha value is -2.53. The highest BCUT2D eigenvalue weighted by Crippen LogP contribution is 2.24. The molecule has 8 nitrogen and oxygen atoms in total. The van der Waals surface area contributed by atoms with E-state index in [4.69, 9.17) is 16.3 Å². The maximum Gasteiger partial charge on any atom is 0.340 e. The lowest BCUT2D eigenvalue weighted by atomic mass is 10.1. The lowest BCUT2D eigenvalue weighted by molar-refractivity contribution is 0.0474. The van der Waals surface area contributed by atoms with Gasteiger partial charge in [-0.05, 0) is 38.1 Å². The lowest BCUT2D eigenvalue weighted by Gasteiger charge is -2.13. The number of hydrogen-bond acceptors (Lipinski definition) is 7. The zero-order valence-electron chi connectivity index (χ0n) is 17.2. The van der Waals surface area contributed by atoms with E-state index in [-0.39, 0.29) is 15.5 Å². The molecule has 0 aliphatic carbocycles. The molecule has 3 aromatic rings. The second-order valence-electron chi connectivity index (χ2n) is 6.86. The number of carbonyl (C=O) groups excluding carboxylic acids is 2.